The van der Waals surface area contributed by atoms with Crippen molar-refractivity contribution in [1.29, 1.82) is 5.26 Å². The lowest BCUT2D eigenvalue weighted by Crippen LogP contribution is -2.33. The fourth-order valence-electron chi connectivity index (χ4n) is 2.22. The van der Waals surface area contributed by atoms with Gasteiger partial charge < -0.3 is 5.11 Å². The zero-order valence-corrected chi connectivity index (χ0v) is 9.30. The quantitative estimate of drug-likeness (QED) is 0.791. The number of phenolic OH excluding ortho intramolecular Hbond substituents is 1. The van der Waals surface area contributed by atoms with Crippen LogP contribution in [0.15, 0.2) is 12.1 Å². The van der Waals surface area contributed by atoms with Crippen LogP contribution < -0.4 is 0 Å². The predicted octanol–water partition coefficient (Wildman–Crippen LogP) is 3.30. The maximum Gasteiger partial charge on any atom is 0.120 e. The minimum atomic E-state index is -0.501. The minimum absolute atomic E-state index is 0.193. The highest BCUT2D eigenvalue weighted by Crippen LogP contribution is 2.48. The molecule has 0 amide bonds. The first kappa shape index (κ1) is 10.3. The topological polar surface area (TPSA) is 44.0 Å². The molecule has 1 aliphatic carbocycles. The first-order chi connectivity index (χ1) is 7.10. The van der Waals surface area contributed by atoms with E-state index in [2.05, 4.69) is 6.07 Å². The molecule has 1 aliphatic rings. The summed E-state index contributed by atoms with van der Waals surface area (Å²) in [5, 5.41) is 19.7. The molecule has 0 aromatic heterocycles. The van der Waals surface area contributed by atoms with Crippen molar-refractivity contribution in [2.45, 2.75) is 31.6 Å². The summed E-state index contributed by atoms with van der Waals surface area (Å²) >= 11 is 6.01. The van der Waals surface area contributed by atoms with Crippen molar-refractivity contribution in [1.82, 2.24) is 0 Å². The van der Waals surface area contributed by atoms with Gasteiger partial charge in [0.1, 0.15) is 5.75 Å². The summed E-state index contributed by atoms with van der Waals surface area (Å²) in [4.78, 5) is 0. The first-order valence-electron chi connectivity index (χ1n) is 5.00. The van der Waals surface area contributed by atoms with E-state index in [0.29, 0.717) is 5.02 Å². The van der Waals surface area contributed by atoms with E-state index in [1.165, 1.54) is 0 Å². The smallest absolute Gasteiger partial charge is 0.120 e. The fraction of sp³-hybridized carbons (Fsp3) is 0.417. The Balaban J connectivity index is 2.62. The van der Waals surface area contributed by atoms with Gasteiger partial charge in [-0.25, -0.2) is 0 Å². The number of hydrogen-bond acceptors (Lipinski definition) is 2. The third-order valence-corrected chi connectivity index (χ3v) is 3.69. The van der Waals surface area contributed by atoms with Crippen molar-refractivity contribution in [3.05, 3.63) is 28.3 Å². The van der Waals surface area contributed by atoms with Gasteiger partial charge in [-0.15, -0.1) is 0 Å². The predicted molar refractivity (Wildman–Crippen MR) is 59.0 cm³/mol. The Hall–Kier alpha value is -1.20. The number of nitriles is 1. The Kier molecular flexibility index (Phi) is 2.36. The average molecular weight is 222 g/mol. The van der Waals surface area contributed by atoms with Gasteiger partial charge in [-0.05, 0) is 43.9 Å². The number of aromatic hydroxyl groups is 1. The molecule has 0 saturated heterocycles. The van der Waals surface area contributed by atoms with Crippen LogP contribution in [0.2, 0.25) is 5.02 Å². The summed E-state index contributed by atoms with van der Waals surface area (Å²) < 4.78 is 0. The molecule has 0 atom stereocenters. The van der Waals surface area contributed by atoms with Crippen LogP contribution in [0, 0.1) is 18.3 Å². The summed E-state index contributed by atoms with van der Waals surface area (Å²) in [6, 6.07) is 5.56. The molecule has 1 aromatic rings. The second-order valence-electron chi connectivity index (χ2n) is 4.11. The van der Waals surface area contributed by atoms with E-state index in [9.17, 15) is 10.4 Å². The molecule has 1 saturated carbocycles. The molecule has 15 heavy (non-hydrogen) atoms. The van der Waals surface area contributed by atoms with Crippen LogP contribution in [0.4, 0.5) is 0 Å². The standard InChI is InChI=1S/C12H12ClNO/c1-8-9(13)3-4-10(15)11(8)12(7-14)5-2-6-12/h3-4,15H,2,5-6H2,1H3. The van der Waals surface area contributed by atoms with Crippen molar-refractivity contribution < 1.29 is 5.11 Å². The van der Waals surface area contributed by atoms with Crippen molar-refractivity contribution in [2.75, 3.05) is 0 Å². The van der Waals surface area contributed by atoms with Crippen LogP contribution in [0.1, 0.15) is 30.4 Å². The van der Waals surface area contributed by atoms with Crippen molar-refractivity contribution >= 4 is 11.6 Å². The minimum Gasteiger partial charge on any atom is -0.508 e. The molecule has 2 rings (SSSR count). The number of nitrogens with zero attached hydrogens (tertiary/aromatic N) is 1. The molecule has 1 aromatic carbocycles. The Bertz CT molecular complexity index is 444. The van der Waals surface area contributed by atoms with Gasteiger partial charge in [0.05, 0.1) is 11.5 Å². The molecule has 1 fully saturated rings. The van der Waals surface area contributed by atoms with Gasteiger partial charge in [-0.2, -0.15) is 5.26 Å². The van der Waals surface area contributed by atoms with E-state index < -0.39 is 5.41 Å². The summed E-state index contributed by atoms with van der Waals surface area (Å²) in [7, 11) is 0. The van der Waals surface area contributed by atoms with E-state index in [0.717, 1.165) is 30.4 Å². The van der Waals surface area contributed by atoms with Crippen LogP contribution in [0.25, 0.3) is 0 Å². The maximum absolute atomic E-state index is 9.84. The maximum atomic E-state index is 9.84. The number of phenols is 1. The van der Waals surface area contributed by atoms with Crippen LogP contribution >= 0.6 is 11.6 Å². The second-order valence-corrected chi connectivity index (χ2v) is 4.52. The fourth-order valence-corrected chi connectivity index (χ4v) is 2.38. The Labute approximate surface area is 94.1 Å². The average Bonchev–Trinajstić information content (AvgIpc) is 2.16. The normalized spacial score (nSPS) is 17.9. The largest absolute Gasteiger partial charge is 0.508 e. The first-order valence-corrected chi connectivity index (χ1v) is 5.38. The van der Waals surface area contributed by atoms with Gasteiger partial charge in [0.2, 0.25) is 0 Å². The summed E-state index contributed by atoms with van der Waals surface area (Å²) in [6.07, 6.45) is 2.68. The highest BCUT2D eigenvalue weighted by atomic mass is 35.5. The van der Waals surface area contributed by atoms with E-state index in [-0.39, 0.29) is 5.75 Å². The van der Waals surface area contributed by atoms with Gasteiger partial charge in [0, 0.05) is 10.6 Å². The molecule has 0 bridgehead atoms. The number of hydrogen-bond donors (Lipinski definition) is 1. The summed E-state index contributed by atoms with van der Waals surface area (Å²) in [5.74, 6) is 0.193. The molecule has 0 unspecified atom stereocenters. The molecular weight excluding hydrogens is 210 g/mol. The monoisotopic (exact) mass is 221 g/mol. The van der Waals surface area contributed by atoms with E-state index in [1.54, 1.807) is 12.1 Å². The Morgan fingerprint density at radius 2 is 2.13 bits per heavy atom. The summed E-state index contributed by atoms with van der Waals surface area (Å²) in [6.45, 7) is 1.86. The molecule has 3 heteroatoms. The molecule has 0 spiro atoms. The SMILES string of the molecule is Cc1c(Cl)ccc(O)c1C1(C#N)CCC1. The summed E-state index contributed by atoms with van der Waals surface area (Å²) in [5.41, 5.74) is 1.06. The molecular formula is C12H12ClNO. The van der Waals surface area contributed by atoms with E-state index in [1.807, 2.05) is 6.92 Å². The number of benzene rings is 1. The van der Waals surface area contributed by atoms with E-state index >= 15 is 0 Å². The van der Waals surface area contributed by atoms with Crippen molar-refractivity contribution in [3.63, 3.8) is 0 Å². The number of rotatable bonds is 1. The zero-order valence-electron chi connectivity index (χ0n) is 8.55. The lowest BCUT2D eigenvalue weighted by Gasteiger charge is -2.37. The van der Waals surface area contributed by atoms with Gasteiger partial charge >= 0.3 is 0 Å². The molecule has 0 heterocycles. The Morgan fingerprint density at radius 1 is 1.47 bits per heavy atom. The van der Waals surface area contributed by atoms with E-state index in [4.69, 9.17) is 11.6 Å². The molecule has 1 N–H and O–H groups in total. The van der Waals surface area contributed by atoms with Crippen LogP contribution in [-0.4, -0.2) is 5.11 Å². The van der Waals surface area contributed by atoms with Crippen molar-refractivity contribution in [2.24, 2.45) is 0 Å². The lowest BCUT2D eigenvalue weighted by atomic mass is 9.64. The van der Waals surface area contributed by atoms with Crippen molar-refractivity contribution in [3.8, 4) is 11.8 Å². The molecule has 0 aliphatic heterocycles. The van der Waals surface area contributed by atoms with Crippen LogP contribution in [0.3, 0.4) is 0 Å². The van der Waals surface area contributed by atoms with Crippen LogP contribution in [-0.2, 0) is 5.41 Å². The Morgan fingerprint density at radius 3 is 2.60 bits per heavy atom. The van der Waals surface area contributed by atoms with Gasteiger partial charge in [-0.1, -0.05) is 11.6 Å². The van der Waals surface area contributed by atoms with Gasteiger partial charge in [-0.3, -0.25) is 0 Å². The number of halogens is 1. The molecule has 0 radical (unpaired) electrons. The third kappa shape index (κ3) is 1.39. The van der Waals surface area contributed by atoms with Crippen LogP contribution in [0.5, 0.6) is 5.75 Å². The van der Waals surface area contributed by atoms with Gasteiger partial charge in [0.25, 0.3) is 0 Å². The molecule has 2 nitrogen and oxygen atoms in total. The van der Waals surface area contributed by atoms with Gasteiger partial charge in [0.15, 0.2) is 0 Å². The highest BCUT2D eigenvalue weighted by Gasteiger charge is 2.42. The second kappa shape index (κ2) is 3.43. The zero-order chi connectivity index (χ0) is 11.1. The third-order valence-electron chi connectivity index (χ3n) is 3.28. The molecule has 78 valence electrons. The highest BCUT2D eigenvalue weighted by molar-refractivity contribution is 6.31. The lowest BCUT2D eigenvalue weighted by molar-refractivity contribution is 0.310.